The predicted octanol–water partition coefficient (Wildman–Crippen LogP) is 0.809. The summed E-state index contributed by atoms with van der Waals surface area (Å²) in [5.74, 6) is -3.58. The van der Waals surface area contributed by atoms with Crippen molar-refractivity contribution in [2.75, 3.05) is 13.2 Å². The maximum absolute atomic E-state index is 12.8. The molecule has 0 aliphatic heterocycles. The number of rotatable bonds is 6. The van der Waals surface area contributed by atoms with Gasteiger partial charge in [0.25, 0.3) is 11.6 Å². The molecule has 0 aromatic heterocycles. The van der Waals surface area contributed by atoms with Crippen LogP contribution in [0.15, 0.2) is 23.1 Å². The van der Waals surface area contributed by atoms with E-state index in [9.17, 15) is 27.3 Å². The number of non-ortho nitro benzene ring substituents is 1. The largest absolute Gasteiger partial charge is 0.390 e. The van der Waals surface area contributed by atoms with Gasteiger partial charge in [0.05, 0.1) is 16.4 Å². The van der Waals surface area contributed by atoms with E-state index in [1.807, 2.05) is 0 Å². The van der Waals surface area contributed by atoms with Gasteiger partial charge in [0, 0.05) is 12.1 Å². The van der Waals surface area contributed by atoms with Crippen LogP contribution >= 0.6 is 0 Å². The topological polar surface area (TPSA) is 110 Å². The Morgan fingerprint density at radius 2 is 2.05 bits per heavy atom. The fourth-order valence-electron chi connectivity index (χ4n) is 1.38. The number of sulfonamides is 1. The first-order valence-electron chi connectivity index (χ1n) is 5.32. The summed E-state index contributed by atoms with van der Waals surface area (Å²) >= 11 is 0. The van der Waals surface area contributed by atoms with Gasteiger partial charge in [-0.05, 0) is 18.6 Å². The zero-order chi connectivity index (χ0) is 15.6. The quantitative estimate of drug-likeness (QED) is 0.597. The number of nitrogens with zero attached hydrogens (tertiary/aromatic N) is 1. The molecule has 0 heterocycles. The Morgan fingerprint density at radius 1 is 1.45 bits per heavy atom. The Balaban J connectivity index is 3.02. The third-order valence-corrected chi connectivity index (χ3v) is 3.97. The van der Waals surface area contributed by atoms with E-state index in [-0.39, 0.29) is 16.1 Å². The summed E-state index contributed by atoms with van der Waals surface area (Å²) in [5, 5.41) is 18.9. The Labute approximate surface area is 113 Å². The monoisotopic (exact) mass is 310 g/mol. The third kappa shape index (κ3) is 3.92. The first-order chi connectivity index (χ1) is 9.09. The highest BCUT2D eigenvalue weighted by Crippen LogP contribution is 2.21. The van der Waals surface area contributed by atoms with Crippen LogP contribution in [0.1, 0.15) is 5.56 Å². The summed E-state index contributed by atoms with van der Waals surface area (Å²) in [6, 6.07) is 2.96. The van der Waals surface area contributed by atoms with Crippen molar-refractivity contribution in [3.63, 3.8) is 0 Å². The highest BCUT2D eigenvalue weighted by atomic mass is 32.2. The summed E-state index contributed by atoms with van der Waals surface area (Å²) in [6.45, 7) is -1.44. The number of nitro groups is 1. The standard InChI is InChI=1S/C10H12F2N2O5S/c1-7-4-8(14(16)17)2-3-9(7)20(18,19)13-5-10(11,12)6-15/h2-4,13,15H,5-6H2,1H3. The van der Waals surface area contributed by atoms with Gasteiger partial charge in [-0.3, -0.25) is 10.1 Å². The molecule has 0 saturated heterocycles. The molecule has 0 bridgehead atoms. The van der Waals surface area contributed by atoms with Crippen molar-refractivity contribution >= 4 is 15.7 Å². The number of nitro benzene ring substituents is 1. The van der Waals surface area contributed by atoms with Crippen LogP contribution in [0.4, 0.5) is 14.5 Å². The number of nitrogens with one attached hydrogen (secondary N) is 1. The lowest BCUT2D eigenvalue weighted by Gasteiger charge is -2.15. The molecule has 1 aromatic rings. The molecule has 7 nitrogen and oxygen atoms in total. The van der Waals surface area contributed by atoms with Crippen LogP contribution in [0.3, 0.4) is 0 Å². The van der Waals surface area contributed by atoms with E-state index >= 15 is 0 Å². The zero-order valence-electron chi connectivity index (χ0n) is 10.3. The van der Waals surface area contributed by atoms with E-state index in [0.717, 1.165) is 18.2 Å². The van der Waals surface area contributed by atoms with E-state index in [1.54, 1.807) is 4.72 Å². The van der Waals surface area contributed by atoms with E-state index in [2.05, 4.69) is 0 Å². The third-order valence-electron chi connectivity index (χ3n) is 2.41. The maximum Gasteiger partial charge on any atom is 0.283 e. The Hall–Kier alpha value is -1.65. The van der Waals surface area contributed by atoms with Crippen molar-refractivity contribution in [3.05, 3.63) is 33.9 Å². The number of alkyl halides is 2. The molecule has 1 rings (SSSR count). The predicted molar refractivity (Wildman–Crippen MR) is 65.1 cm³/mol. The molecule has 0 radical (unpaired) electrons. The number of halogens is 2. The van der Waals surface area contributed by atoms with Crippen molar-refractivity contribution in [2.24, 2.45) is 0 Å². The Morgan fingerprint density at radius 3 is 2.50 bits per heavy atom. The smallest absolute Gasteiger partial charge is 0.283 e. The van der Waals surface area contributed by atoms with Crippen LogP contribution < -0.4 is 4.72 Å². The van der Waals surface area contributed by atoms with Crippen LogP contribution in [0.25, 0.3) is 0 Å². The first-order valence-corrected chi connectivity index (χ1v) is 6.81. The lowest BCUT2D eigenvalue weighted by atomic mass is 10.2. The second kappa shape index (κ2) is 5.77. The van der Waals surface area contributed by atoms with E-state index in [4.69, 9.17) is 5.11 Å². The Kier molecular flexibility index (Phi) is 4.73. The highest BCUT2D eigenvalue weighted by Gasteiger charge is 2.30. The fourth-order valence-corrected chi connectivity index (χ4v) is 2.67. The molecular weight excluding hydrogens is 298 g/mol. The lowest BCUT2D eigenvalue weighted by Crippen LogP contribution is -2.39. The summed E-state index contributed by atoms with van der Waals surface area (Å²) in [6.07, 6.45) is 0. The van der Waals surface area contributed by atoms with Gasteiger partial charge in [-0.25, -0.2) is 21.9 Å². The average molecular weight is 310 g/mol. The number of benzene rings is 1. The van der Waals surface area contributed by atoms with E-state index in [0.29, 0.717) is 0 Å². The molecule has 0 aliphatic rings. The van der Waals surface area contributed by atoms with Gasteiger partial charge in [0.2, 0.25) is 10.0 Å². The van der Waals surface area contributed by atoms with Gasteiger partial charge in [0.1, 0.15) is 6.61 Å². The van der Waals surface area contributed by atoms with Crippen molar-refractivity contribution in [2.45, 2.75) is 17.7 Å². The summed E-state index contributed by atoms with van der Waals surface area (Å²) in [7, 11) is -4.24. The molecule has 0 spiro atoms. The minimum Gasteiger partial charge on any atom is -0.390 e. The van der Waals surface area contributed by atoms with Crippen molar-refractivity contribution in [1.82, 2.24) is 4.72 Å². The molecule has 0 amide bonds. The van der Waals surface area contributed by atoms with Crippen LogP contribution in [-0.2, 0) is 10.0 Å². The molecule has 0 aliphatic carbocycles. The molecule has 1 aromatic carbocycles. The molecular formula is C10H12F2N2O5S. The number of hydrogen-bond donors (Lipinski definition) is 2. The summed E-state index contributed by atoms with van der Waals surface area (Å²) in [4.78, 5) is 9.49. The first kappa shape index (κ1) is 16.4. The maximum atomic E-state index is 12.8. The van der Waals surface area contributed by atoms with Gasteiger partial charge in [-0.15, -0.1) is 0 Å². The van der Waals surface area contributed by atoms with Gasteiger partial charge in [-0.2, -0.15) is 0 Å². The molecule has 112 valence electrons. The molecule has 0 atom stereocenters. The minimum atomic E-state index is -4.24. The highest BCUT2D eigenvalue weighted by molar-refractivity contribution is 7.89. The van der Waals surface area contributed by atoms with Crippen LogP contribution in [0.2, 0.25) is 0 Å². The number of aliphatic hydroxyl groups excluding tert-OH is 1. The SMILES string of the molecule is Cc1cc([N+](=O)[O-])ccc1S(=O)(=O)NCC(F)(F)CO. The van der Waals surface area contributed by atoms with E-state index < -0.39 is 34.0 Å². The molecule has 20 heavy (non-hydrogen) atoms. The molecule has 0 fully saturated rings. The van der Waals surface area contributed by atoms with Crippen molar-refractivity contribution < 1.29 is 27.2 Å². The second-order valence-electron chi connectivity index (χ2n) is 4.05. The second-order valence-corrected chi connectivity index (χ2v) is 5.78. The van der Waals surface area contributed by atoms with Crippen molar-refractivity contribution in [1.29, 1.82) is 0 Å². The molecule has 0 saturated carbocycles. The van der Waals surface area contributed by atoms with E-state index in [1.165, 1.54) is 6.92 Å². The average Bonchev–Trinajstić information content (AvgIpc) is 2.36. The number of hydrogen-bond acceptors (Lipinski definition) is 5. The van der Waals surface area contributed by atoms with Crippen LogP contribution in [0, 0.1) is 17.0 Å². The molecule has 0 unspecified atom stereocenters. The summed E-state index contributed by atoms with van der Waals surface area (Å²) < 4.78 is 50.9. The summed E-state index contributed by atoms with van der Waals surface area (Å²) in [5.41, 5.74) is -0.249. The number of aliphatic hydroxyl groups is 1. The molecule has 10 heteroatoms. The molecule has 2 N–H and O–H groups in total. The normalized spacial score (nSPS) is 12.4. The van der Waals surface area contributed by atoms with Gasteiger partial charge < -0.3 is 5.11 Å². The van der Waals surface area contributed by atoms with Gasteiger partial charge in [-0.1, -0.05) is 0 Å². The Bertz CT molecular complexity index is 618. The van der Waals surface area contributed by atoms with Crippen LogP contribution in [0.5, 0.6) is 0 Å². The minimum absolute atomic E-state index is 0.0546. The van der Waals surface area contributed by atoms with Gasteiger partial charge in [0.15, 0.2) is 0 Å². The fraction of sp³-hybridized carbons (Fsp3) is 0.400. The van der Waals surface area contributed by atoms with Gasteiger partial charge >= 0.3 is 0 Å². The zero-order valence-corrected chi connectivity index (χ0v) is 11.2. The van der Waals surface area contributed by atoms with Crippen LogP contribution in [-0.4, -0.2) is 37.5 Å². The number of aryl methyl sites for hydroxylation is 1. The van der Waals surface area contributed by atoms with Crippen molar-refractivity contribution in [3.8, 4) is 0 Å². The lowest BCUT2D eigenvalue weighted by molar-refractivity contribution is -0.385.